The third kappa shape index (κ3) is 3.88. The Kier molecular flexibility index (Phi) is 6.78. The van der Waals surface area contributed by atoms with Gasteiger partial charge in [-0.15, -0.1) is 0 Å². The van der Waals surface area contributed by atoms with Crippen LogP contribution in [0.3, 0.4) is 0 Å². The lowest BCUT2D eigenvalue weighted by molar-refractivity contribution is -0.115. The number of amides is 1. The van der Waals surface area contributed by atoms with Gasteiger partial charge >= 0.3 is 5.97 Å². The lowest BCUT2D eigenvalue weighted by atomic mass is 9.77. The van der Waals surface area contributed by atoms with E-state index >= 15 is 0 Å². The van der Waals surface area contributed by atoms with Gasteiger partial charge in [0.05, 0.1) is 11.3 Å². The van der Waals surface area contributed by atoms with Gasteiger partial charge in [-0.1, -0.05) is 19.1 Å². The highest BCUT2D eigenvalue weighted by Crippen LogP contribution is 2.57. The number of benzene rings is 3. The first kappa shape index (κ1) is 25.6. The largest absolute Gasteiger partial charge is 0.456 e. The van der Waals surface area contributed by atoms with Crippen molar-refractivity contribution in [1.29, 1.82) is 0 Å². The summed E-state index contributed by atoms with van der Waals surface area (Å²) in [6.45, 7) is 13.7. The first-order valence-corrected chi connectivity index (χ1v) is 13.5. The van der Waals surface area contributed by atoms with Gasteiger partial charge in [0.15, 0.2) is 5.60 Å². The number of ether oxygens (including phenoxy) is 2. The number of hydrogen-bond donors (Lipinski definition) is 1. The molecule has 1 amide bonds. The molecule has 0 aromatic heterocycles. The number of rotatable bonds is 8. The van der Waals surface area contributed by atoms with E-state index in [1.165, 1.54) is 0 Å². The Balaban J connectivity index is 1.77. The summed E-state index contributed by atoms with van der Waals surface area (Å²) in [6, 6.07) is 17.7. The molecule has 0 unspecified atom stereocenters. The van der Waals surface area contributed by atoms with Gasteiger partial charge in [-0.3, -0.25) is 4.79 Å². The normalized spacial score (nSPS) is 14.2. The summed E-state index contributed by atoms with van der Waals surface area (Å²) in [5, 5.41) is 2.89. The molecule has 5 rings (SSSR count). The second-order valence-corrected chi connectivity index (χ2v) is 9.51. The van der Waals surface area contributed by atoms with Crippen molar-refractivity contribution in [2.24, 2.45) is 0 Å². The third-order valence-electron chi connectivity index (χ3n) is 7.65. The molecule has 0 bridgehead atoms. The highest BCUT2D eigenvalue weighted by atomic mass is 16.6. The van der Waals surface area contributed by atoms with Gasteiger partial charge in [0.2, 0.25) is 5.91 Å². The molecular formula is C31H35N3O4. The molecule has 7 nitrogen and oxygen atoms in total. The van der Waals surface area contributed by atoms with E-state index in [9.17, 15) is 9.59 Å². The minimum atomic E-state index is -1.19. The summed E-state index contributed by atoms with van der Waals surface area (Å²) in [7, 11) is 0. The topological polar surface area (TPSA) is 71.1 Å². The Morgan fingerprint density at radius 2 is 1.34 bits per heavy atom. The standard InChI is InChI=1S/C31H35N3O4/c1-6-28(35)32-25-13-11-12-24-29(25)30(36)38-31(24)22-16-14-20(33(7-2)8-3)18-26(22)37-27-19-21(15-17-23(27)31)34(9-4)10-5/h11-19H,6-10H2,1-5H3,(H,32,35). The fourth-order valence-electron chi connectivity index (χ4n) is 5.66. The van der Waals surface area contributed by atoms with E-state index in [1.54, 1.807) is 13.0 Å². The van der Waals surface area contributed by atoms with Crippen LogP contribution in [0.1, 0.15) is 68.1 Å². The predicted molar refractivity (Wildman–Crippen MR) is 151 cm³/mol. The summed E-state index contributed by atoms with van der Waals surface area (Å²) in [4.78, 5) is 30.3. The zero-order valence-corrected chi connectivity index (χ0v) is 22.8. The van der Waals surface area contributed by atoms with Crippen molar-refractivity contribution in [1.82, 2.24) is 0 Å². The molecule has 0 saturated carbocycles. The van der Waals surface area contributed by atoms with Crippen LogP contribution in [0.4, 0.5) is 17.1 Å². The summed E-state index contributed by atoms with van der Waals surface area (Å²) in [5.41, 5.74) is 3.98. The molecule has 2 heterocycles. The number of fused-ring (bicyclic) bond motifs is 6. The smallest absolute Gasteiger partial charge is 0.342 e. The molecule has 38 heavy (non-hydrogen) atoms. The Morgan fingerprint density at radius 3 is 1.84 bits per heavy atom. The maximum Gasteiger partial charge on any atom is 0.342 e. The quantitative estimate of drug-likeness (QED) is 0.357. The molecule has 198 valence electrons. The van der Waals surface area contributed by atoms with E-state index in [0.29, 0.717) is 34.7 Å². The van der Waals surface area contributed by atoms with Crippen molar-refractivity contribution in [3.63, 3.8) is 0 Å². The van der Waals surface area contributed by atoms with Gasteiger partial charge in [-0.2, -0.15) is 0 Å². The van der Waals surface area contributed by atoms with Crippen LogP contribution in [0.5, 0.6) is 11.5 Å². The monoisotopic (exact) mass is 513 g/mol. The van der Waals surface area contributed by atoms with Crippen LogP contribution in [0.2, 0.25) is 0 Å². The lowest BCUT2D eigenvalue weighted by Gasteiger charge is -2.38. The number of carbonyl (C=O) groups is 2. The Hall–Kier alpha value is -4.00. The second kappa shape index (κ2) is 10.0. The van der Waals surface area contributed by atoms with Crippen LogP contribution >= 0.6 is 0 Å². The average molecular weight is 514 g/mol. The van der Waals surface area contributed by atoms with Crippen LogP contribution < -0.4 is 19.9 Å². The maximum absolute atomic E-state index is 13.6. The number of nitrogens with one attached hydrogen (secondary N) is 1. The fraction of sp³-hybridized carbons (Fsp3) is 0.355. The van der Waals surface area contributed by atoms with E-state index in [0.717, 1.165) is 48.7 Å². The van der Waals surface area contributed by atoms with Gasteiger partial charge < -0.3 is 24.6 Å². The highest BCUT2D eigenvalue weighted by molar-refractivity contribution is 6.05. The van der Waals surface area contributed by atoms with Crippen molar-refractivity contribution >= 4 is 28.9 Å². The van der Waals surface area contributed by atoms with Crippen molar-refractivity contribution in [2.75, 3.05) is 41.3 Å². The van der Waals surface area contributed by atoms with Crippen molar-refractivity contribution in [2.45, 2.75) is 46.6 Å². The predicted octanol–water partition coefficient (Wildman–Crippen LogP) is 6.30. The van der Waals surface area contributed by atoms with Crippen LogP contribution in [-0.2, 0) is 15.1 Å². The molecule has 2 aliphatic rings. The zero-order chi connectivity index (χ0) is 27.0. The van der Waals surface area contributed by atoms with Gasteiger partial charge in [0.25, 0.3) is 0 Å². The maximum atomic E-state index is 13.6. The van der Waals surface area contributed by atoms with E-state index < -0.39 is 11.6 Å². The number of nitrogens with zero attached hydrogens (tertiary/aromatic N) is 2. The average Bonchev–Trinajstić information content (AvgIpc) is 3.23. The first-order valence-electron chi connectivity index (χ1n) is 13.5. The number of esters is 1. The number of hydrogen-bond acceptors (Lipinski definition) is 6. The summed E-state index contributed by atoms with van der Waals surface area (Å²) < 4.78 is 12.9. The molecule has 1 N–H and O–H groups in total. The second-order valence-electron chi connectivity index (χ2n) is 9.51. The SMILES string of the molecule is CCC(=O)Nc1cccc2c1C(=O)OC21c2ccc(N(CC)CC)cc2Oc2cc(N(CC)CC)ccc21. The lowest BCUT2D eigenvalue weighted by Crippen LogP contribution is -2.33. The number of anilines is 3. The van der Waals surface area contributed by atoms with Gasteiger partial charge in [-0.05, 0) is 58.0 Å². The molecule has 0 fully saturated rings. The van der Waals surface area contributed by atoms with E-state index in [-0.39, 0.29) is 5.91 Å². The minimum Gasteiger partial charge on any atom is -0.456 e. The first-order chi connectivity index (χ1) is 18.4. The number of carbonyl (C=O) groups excluding carboxylic acids is 2. The van der Waals surface area contributed by atoms with E-state index in [2.05, 4.69) is 54.9 Å². The molecule has 2 aliphatic heterocycles. The molecule has 0 aliphatic carbocycles. The van der Waals surface area contributed by atoms with Crippen LogP contribution in [0, 0.1) is 0 Å². The molecule has 3 aromatic rings. The molecule has 0 radical (unpaired) electrons. The van der Waals surface area contributed by atoms with Crippen LogP contribution in [-0.4, -0.2) is 38.1 Å². The molecule has 1 spiro atoms. The molecule has 7 heteroatoms. The van der Waals surface area contributed by atoms with Crippen molar-refractivity contribution in [3.8, 4) is 11.5 Å². The van der Waals surface area contributed by atoms with Crippen molar-refractivity contribution < 1.29 is 19.1 Å². The minimum absolute atomic E-state index is 0.160. The van der Waals surface area contributed by atoms with Gasteiger partial charge in [0.1, 0.15) is 11.5 Å². The molecular weight excluding hydrogens is 478 g/mol. The summed E-state index contributed by atoms with van der Waals surface area (Å²) in [6.07, 6.45) is 0.311. The van der Waals surface area contributed by atoms with Gasteiger partial charge in [-0.25, -0.2) is 4.79 Å². The fourth-order valence-corrected chi connectivity index (χ4v) is 5.66. The Bertz CT molecular complexity index is 1330. The van der Waals surface area contributed by atoms with Crippen molar-refractivity contribution in [3.05, 3.63) is 76.9 Å². The van der Waals surface area contributed by atoms with Crippen LogP contribution in [0.15, 0.2) is 54.6 Å². The van der Waals surface area contributed by atoms with Gasteiger partial charge in [0, 0.05) is 72.8 Å². The molecule has 0 saturated heterocycles. The van der Waals surface area contributed by atoms with E-state index in [4.69, 9.17) is 9.47 Å². The summed E-state index contributed by atoms with van der Waals surface area (Å²) in [5.74, 6) is 0.684. The highest BCUT2D eigenvalue weighted by Gasteiger charge is 2.54. The Labute approximate surface area is 224 Å². The molecule has 3 aromatic carbocycles. The van der Waals surface area contributed by atoms with E-state index in [1.807, 2.05) is 36.4 Å². The third-order valence-corrected chi connectivity index (χ3v) is 7.65. The summed E-state index contributed by atoms with van der Waals surface area (Å²) >= 11 is 0. The van der Waals surface area contributed by atoms with Crippen LogP contribution in [0.25, 0.3) is 0 Å². The Morgan fingerprint density at radius 1 is 0.789 bits per heavy atom. The molecule has 0 atom stereocenters. The zero-order valence-electron chi connectivity index (χ0n) is 22.8.